The molecule has 1 fully saturated rings. The van der Waals surface area contributed by atoms with Crippen LogP contribution >= 0.6 is 0 Å². The summed E-state index contributed by atoms with van der Waals surface area (Å²) in [7, 11) is 1.96. The quantitative estimate of drug-likeness (QED) is 0.923. The number of carbonyl (C=O) groups excluding carboxylic acids is 2. The summed E-state index contributed by atoms with van der Waals surface area (Å²) in [6.07, 6.45) is 3.09. The normalized spacial score (nSPS) is 20.5. The lowest BCUT2D eigenvalue weighted by atomic mass is 9.97. The van der Waals surface area contributed by atoms with E-state index in [1.807, 2.05) is 30.1 Å². The van der Waals surface area contributed by atoms with Crippen molar-refractivity contribution < 1.29 is 9.59 Å². The highest BCUT2D eigenvalue weighted by atomic mass is 16.2. The van der Waals surface area contributed by atoms with Crippen LogP contribution in [0.2, 0.25) is 0 Å². The van der Waals surface area contributed by atoms with E-state index in [1.54, 1.807) is 11.8 Å². The molecule has 1 atom stereocenters. The Morgan fingerprint density at radius 2 is 2.13 bits per heavy atom. The van der Waals surface area contributed by atoms with Crippen LogP contribution in [0.4, 0.5) is 5.69 Å². The summed E-state index contributed by atoms with van der Waals surface area (Å²) in [6, 6.07) is 5.76. The maximum Gasteiger partial charge on any atom is 0.253 e. The number of nitrogens with zero attached hydrogens (tertiary/aromatic N) is 2. The molecule has 2 amide bonds. The number of piperidine rings is 1. The molecule has 1 aromatic carbocycles. The summed E-state index contributed by atoms with van der Waals surface area (Å²) >= 11 is 0. The van der Waals surface area contributed by atoms with Gasteiger partial charge in [-0.25, -0.2) is 0 Å². The molecule has 0 bridgehead atoms. The molecule has 1 N–H and O–H groups in total. The molecule has 2 aliphatic heterocycles. The molecular formula is C18H25N3O2. The SMILES string of the molecule is CNC[C@@H]1CCCN(C(=O)c2ccc3c(c2)CCN3C(C)=O)C1. The van der Waals surface area contributed by atoms with E-state index < -0.39 is 0 Å². The zero-order valence-corrected chi connectivity index (χ0v) is 14.0. The minimum atomic E-state index is 0.0637. The van der Waals surface area contributed by atoms with Gasteiger partial charge in [-0.3, -0.25) is 9.59 Å². The fourth-order valence-corrected chi connectivity index (χ4v) is 3.75. The molecule has 5 heteroatoms. The van der Waals surface area contributed by atoms with Crippen molar-refractivity contribution >= 4 is 17.5 Å². The molecule has 1 aromatic rings. The van der Waals surface area contributed by atoms with Crippen molar-refractivity contribution in [2.75, 3.05) is 38.1 Å². The van der Waals surface area contributed by atoms with E-state index in [0.717, 1.165) is 55.8 Å². The highest BCUT2D eigenvalue weighted by Crippen LogP contribution is 2.29. The van der Waals surface area contributed by atoms with Crippen LogP contribution in [0.25, 0.3) is 0 Å². The Morgan fingerprint density at radius 1 is 1.30 bits per heavy atom. The monoisotopic (exact) mass is 315 g/mol. The molecule has 0 aromatic heterocycles. The molecule has 0 unspecified atom stereocenters. The van der Waals surface area contributed by atoms with Gasteiger partial charge in [-0.15, -0.1) is 0 Å². The van der Waals surface area contributed by atoms with E-state index in [4.69, 9.17) is 0 Å². The summed E-state index contributed by atoms with van der Waals surface area (Å²) in [5.74, 6) is 0.726. The van der Waals surface area contributed by atoms with Gasteiger partial charge >= 0.3 is 0 Å². The van der Waals surface area contributed by atoms with Crippen molar-refractivity contribution in [3.63, 3.8) is 0 Å². The first-order valence-electron chi connectivity index (χ1n) is 8.45. The first kappa shape index (κ1) is 16.0. The summed E-state index contributed by atoms with van der Waals surface area (Å²) < 4.78 is 0. The zero-order chi connectivity index (χ0) is 16.4. The molecule has 1 saturated heterocycles. The van der Waals surface area contributed by atoms with E-state index in [1.165, 1.54) is 6.42 Å². The second kappa shape index (κ2) is 6.71. The Bertz CT molecular complexity index is 612. The molecule has 0 spiro atoms. The average Bonchev–Trinajstić information content (AvgIpc) is 2.98. The number of benzene rings is 1. The summed E-state index contributed by atoms with van der Waals surface area (Å²) in [5, 5.41) is 3.21. The summed E-state index contributed by atoms with van der Waals surface area (Å²) in [5.41, 5.74) is 2.81. The predicted molar refractivity (Wildman–Crippen MR) is 90.7 cm³/mol. The molecule has 2 aliphatic rings. The van der Waals surface area contributed by atoms with Gasteiger partial charge in [0, 0.05) is 37.8 Å². The molecule has 2 heterocycles. The third-order valence-corrected chi connectivity index (χ3v) is 4.90. The van der Waals surface area contributed by atoms with Gasteiger partial charge in [-0.05, 0) is 62.5 Å². The fourth-order valence-electron chi connectivity index (χ4n) is 3.75. The van der Waals surface area contributed by atoms with Gasteiger partial charge in [0.25, 0.3) is 5.91 Å². The van der Waals surface area contributed by atoms with E-state index in [-0.39, 0.29) is 11.8 Å². The van der Waals surface area contributed by atoms with Crippen LogP contribution in [-0.2, 0) is 11.2 Å². The van der Waals surface area contributed by atoms with Crippen molar-refractivity contribution in [1.29, 1.82) is 0 Å². The standard InChI is InChI=1S/C18H25N3O2/c1-13(22)21-9-7-15-10-16(5-6-17(15)21)18(23)20-8-3-4-14(12-20)11-19-2/h5-6,10,14,19H,3-4,7-9,11-12H2,1-2H3/t14-/m0/s1. The number of likely N-dealkylation sites (tertiary alicyclic amines) is 1. The topological polar surface area (TPSA) is 52.7 Å². The van der Waals surface area contributed by atoms with Crippen molar-refractivity contribution in [3.8, 4) is 0 Å². The molecule has 0 radical (unpaired) electrons. The van der Waals surface area contributed by atoms with Gasteiger partial charge in [-0.1, -0.05) is 0 Å². The highest BCUT2D eigenvalue weighted by Gasteiger charge is 2.27. The number of carbonyl (C=O) groups is 2. The Morgan fingerprint density at radius 3 is 2.87 bits per heavy atom. The highest BCUT2D eigenvalue weighted by molar-refractivity contribution is 5.97. The van der Waals surface area contributed by atoms with Crippen LogP contribution in [0, 0.1) is 5.92 Å². The summed E-state index contributed by atoms with van der Waals surface area (Å²) in [4.78, 5) is 28.2. The molecule has 5 nitrogen and oxygen atoms in total. The third-order valence-electron chi connectivity index (χ3n) is 4.90. The number of nitrogens with one attached hydrogen (secondary N) is 1. The van der Waals surface area contributed by atoms with Crippen LogP contribution in [0.1, 0.15) is 35.7 Å². The molecule has 3 rings (SSSR count). The van der Waals surface area contributed by atoms with E-state index in [0.29, 0.717) is 5.92 Å². The lowest BCUT2D eigenvalue weighted by molar-refractivity contribution is -0.116. The maximum atomic E-state index is 12.8. The van der Waals surface area contributed by atoms with Crippen molar-refractivity contribution in [2.45, 2.75) is 26.2 Å². The smallest absolute Gasteiger partial charge is 0.253 e. The van der Waals surface area contributed by atoms with Crippen LogP contribution in [0.15, 0.2) is 18.2 Å². The first-order chi connectivity index (χ1) is 11.1. The van der Waals surface area contributed by atoms with Crippen molar-refractivity contribution in [1.82, 2.24) is 10.2 Å². The second-order valence-corrected chi connectivity index (χ2v) is 6.58. The van der Waals surface area contributed by atoms with Gasteiger partial charge in [0.05, 0.1) is 0 Å². The minimum Gasteiger partial charge on any atom is -0.338 e. The van der Waals surface area contributed by atoms with Gasteiger partial charge < -0.3 is 15.1 Å². The number of hydrogen-bond donors (Lipinski definition) is 1. The van der Waals surface area contributed by atoms with Gasteiger partial charge in [0.15, 0.2) is 0 Å². The maximum absolute atomic E-state index is 12.8. The predicted octanol–water partition coefficient (Wildman–Crippen LogP) is 1.67. The Labute approximate surface area is 137 Å². The summed E-state index contributed by atoms with van der Waals surface area (Å²) in [6.45, 7) is 4.94. The molecular weight excluding hydrogens is 290 g/mol. The minimum absolute atomic E-state index is 0.0637. The van der Waals surface area contributed by atoms with Gasteiger partial charge in [0.1, 0.15) is 0 Å². The average molecular weight is 315 g/mol. The molecule has 0 aliphatic carbocycles. The number of rotatable bonds is 3. The molecule has 23 heavy (non-hydrogen) atoms. The number of amides is 2. The van der Waals surface area contributed by atoms with Crippen LogP contribution in [-0.4, -0.2) is 49.9 Å². The van der Waals surface area contributed by atoms with Crippen LogP contribution in [0.3, 0.4) is 0 Å². The Balaban J connectivity index is 1.75. The van der Waals surface area contributed by atoms with E-state index >= 15 is 0 Å². The molecule has 0 saturated carbocycles. The number of anilines is 1. The Kier molecular flexibility index (Phi) is 4.66. The third kappa shape index (κ3) is 3.24. The number of fused-ring (bicyclic) bond motifs is 1. The zero-order valence-electron chi connectivity index (χ0n) is 14.0. The van der Waals surface area contributed by atoms with Crippen molar-refractivity contribution in [3.05, 3.63) is 29.3 Å². The lowest BCUT2D eigenvalue weighted by Crippen LogP contribution is -2.42. The van der Waals surface area contributed by atoms with Gasteiger partial charge in [-0.2, -0.15) is 0 Å². The van der Waals surface area contributed by atoms with Crippen molar-refractivity contribution in [2.24, 2.45) is 5.92 Å². The first-order valence-corrected chi connectivity index (χ1v) is 8.45. The van der Waals surface area contributed by atoms with E-state index in [2.05, 4.69) is 5.32 Å². The van der Waals surface area contributed by atoms with Crippen LogP contribution < -0.4 is 10.2 Å². The molecule has 124 valence electrons. The largest absolute Gasteiger partial charge is 0.338 e. The van der Waals surface area contributed by atoms with E-state index in [9.17, 15) is 9.59 Å². The Hall–Kier alpha value is -1.88. The fraction of sp³-hybridized carbons (Fsp3) is 0.556. The lowest BCUT2D eigenvalue weighted by Gasteiger charge is -2.33. The van der Waals surface area contributed by atoms with Crippen LogP contribution in [0.5, 0.6) is 0 Å². The second-order valence-electron chi connectivity index (χ2n) is 6.58. The van der Waals surface area contributed by atoms with Gasteiger partial charge in [0.2, 0.25) is 5.91 Å². The number of hydrogen-bond acceptors (Lipinski definition) is 3.